The average Bonchev–Trinajstić information content (AvgIpc) is 3.34. The van der Waals surface area contributed by atoms with Gasteiger partial charge in [-0.1, -0.05) is 37.6 Å². The first kappa shape index (κ1) is 26.3. The number of halogens is 2. The molecule has 2 saturated heterocycles. The van der Waals surface area contributed by atoms with Gasteiger partial charge in [0.15, 0.2) is 0 Å². The first-order valence-corrected chi connectivity index (χ1v) is 13.1. The van der Waals surface area contributed by atoms with Crippen molar-refractivity contribution in [3.8, 4) is 0 Å². The summed E-state index contributed by atoms with van der Waals surface area (Å²) >= 11 is 6.07. The fourth-order valence-electron chi connectivity index (χ4n) is 6.01. The van der Waals surface area contributed by atoms with Crippen molar-refractivity contribution in [1.29, 1.82) is 0 Å². The Morgan fingerprint density at radius 2 is 1.71 bits per heavy atom. The van der Waals surface area contributed by atoms with E-state index in [1.807, 2.05) is 35.8 Å². The number of rotatable bonds is 4. The first-order valence-electron chi connectivity index (χ1n) is 12.8. The van der Waals surface area contributed by atoms with Crippen molar-refractivity contribution in [1.82, 2.24) is 19.7 Å². The number of carbonyl (C=O) groups is 1. The fraction of sp³-hybridized carbons (Fsp3) is 0.429. The van der Waals surface area contributed by atoms with Gasteiger partial charge in [0.05, 0.1) is 17.7 Å². The summed E-state index contributed by atoms with van der Waals surface area (Å²) in [4.78, 5) is 34.0. The fourth-order valence-corrected chi connectivity index (χ4v) is 6.13. The maximum absolute atomic E-state index is 14.1. The molecule has 0 saturated carbocycles. The quantitative estimate of drug-likeness (QED) is 0.547. The summed E-state index contributed by atoms with van der Waals surface area (Å²) in [7, 11) is 1.59. The number of carbonyl (C=O) groups excluding carboxylic acids is 1. The van der Waals surface area contributed by atoms with Crippen LogP contribution < -0.4 is 10.5 Å². The minimum Gasteiger partial charge on any atom is -0.384 e. The zero-order valence-corrected chi connectivity index (χ0v) is 22.3. The molecule has 0 bridgehead atoms. The Morgan fingerprint density at radius 1 is 1.03 bits per heavy atom. The SMILES string of the molecule is C[C@@H]1CN(C(=O)[C@@H]2CN(c3ccc(=O)n(C)n3)C[C@H]2c2ccc(F)cn2)C[C@H](C)[C@@]1(O)c1ccc(Cl)cc1. The number of aryl methyl sites for hydroxylation is 1. The summed E-state index contributed by atoms with van der Waals surface area (Å²) in [6.45, 7) is 5.53. The normalized spacial score (nSPS) is 27.5. The van der Waals surface area contributed by atoms with Crippen LogP contribution in [0.2, 0.25) is 5.02 Å². The van der Waals surface area contributed by atoms with Crippen LogP contribution in [0.3, 0.4) is 0 Å². The third kappa shape index (κ3) is 4.69. The van der Waals surface area contributed by atoms with Crippen molar-refractivity contribution in [2.24, 2.45) is 24.8 Å². The number of piperidine rings is 1. The molecule has 5 atom stereocenters. The van der Waals surface area contributed by atoms with Gasteiger partial charge in [-0.05, 0) is 35.9 Å². The summed E-state index contributed by atoms with van der Waals surface area (Å²) in [6.07, 6.45) is 1.17. The number of anilines is 1. The lowest BCUT2D eigenvalue weighted by Crippen LogP contribution is -2.57. The monoisotopic (exact) mass is 539 g/mol. The summed E-state index contributed by atoms with van der Waals surface area (Å²) in [5.41, 5.74) is 0.101. The molecular weight excluding hydrogens is 509 g/mol. The average molecular weight is 540 g/mol. The van der Waals surface area contributed by atoms with E-state index in [4.69, 9.17) is 11.6 Å². The lowest BCUT2D eigenvalue weighted by atomic mass is 9.70. The predicted molar refractivity (Wildman–Crippen MR) is 142 cm³/mol. The molecular formula is C28H31ClFN5O3. The van der Waals surface area contributed by atoms with Crippen LogP contribution in [0.1, 0.15) is 31.0 Å². The maximum atomic E-state index is 14.1. The molecule has 0 aliphatic carbocycles. The number of amides is 1. The predicted octanol–water partition coefficient (Wildman–Crippen LogP) is 3.19. The van der Waals surface area contributed by atoms with Crippen molar-refractivity contribution in [3.63, 3.8) is 0 Å². The summed E-state index contributed by atoms with van der Waals surface area (Å²) in [6, 6.07) is 13.3. The van der Waals surface area contributed by atoms with E-state index in [9.17, 15) is 19.1 Å². The Hall–Kier alpha value is -3.30. The highest BCUT2D eigenvalue weighted by Crippen LogP contribution is 2.43. The van der Waals surface area contributed by atoms with Crippen molar-refractivity contribution >= 4 is 23.3 Å². The highest BCUT2D eigenvalue weighted by molar-refractivity contribution is 6.30. The molecule has 2 aliphatic heterocycles. The van der Waals surface area contributed by atoms with E-state index in [0.29, 0.717) is 42.7 Å². The molecule has 2 aliphatic rings. The van der Waals surface area contributed by atoms with E-state index >= 15 is 0 Å². The molecule has 1 N–H and O–H groups in total. The molecule has 38 heavy (non-hydrogen) atoms. The van der Waals surface area contributed by atoms with E-state index in [1.165, 1.54) is 23.0 Å². The second kappa shape index (κ2) is 10.1. The van der Waals surface area contributed by atoms with E-state index < -0.39 is 17.3 Å². The van der Waals surface area contributed by atoms with Gasteiger partial charge in [0, 0.05) is 67.8 Å². The van der Waals surface area contributed by atoms with Crippen LogP contribution in [0, 0.1) is 23.6 Å². The number of nitrogens with zero attached hydrogens (tertiary/aromatic N) is 5. The van der Waals surface area contributed by atoms with Crippen LogP contribution in [-0.2, 0) is 17.4 Å². The molecule has 2 aromatic heterocycles. The number of hydrogen-bond donors (Lipinski definition) is 1. The summed E-state index contributed by atoms with van der Waals surface area (Å²) in [5, 5.41) is 16.7. The van der Waals surface area contributed by atoms with Crippen molar-refractivity contribution in [2.45, 2.75) is 25.4 Å². The van der Waals surface area contributed by atoms with Crippen LogP contribution >= 0.6 is 11.6 Å². The van der Waals surface area contributed by atoms with Crippen LogP contribution in [0.25, 0.3) is 0 Å². The highest BCUT2D eigenvalue weighted by atomic mass is 35.5. The van der Waals surface area contributed by atoms with E-state index in [0.717, 1.165) is 5.56 Å². The van der Waals surface area contributed by atoms with Crippen molar-refractivity contribution in [2.75, 3.05) is 31.1 Å². The Morgan fingerprint density at radius 3 is 2.32 bits per heavy atom. The van der Waals surface area contributed by atoms with Crippen LogP contribution in [0.5, 0.6) is 0 Å². The number of aromatic nitrogens is 3. The third-order valence-corrected chi connectivity index (χ3v) is 8.40. The van der Waals surface area contributed by atoms with Crippen LogP contribution in [-0.4, -0.2) is 56.9 Å². The first-order chi connectivity index (χ1) is 18.1. The Balaban J connectivity index is 1.42. The minimum absolute atomic E-state index is 0.0368. The number of benzene rings is 1. The molecule has 4 heterocycles. The zero-order chi connectivity index (χ0) is 27.2. The van der Waals surface area contributed by atoms with Gasteiger partial charge < -0.3 is 14.9 Å². The van der Waals surface area contributed by atoms with Gasteiger partial charge in [0.25, 0.3) is 5.56 Å². The van der Waals surface area contributed by atoms with Crippen LogP contribution in [0.4, 0.5) is 10.2 Å². The molecule has 1 aromatic carbocycles. The number of hydrogen-bond acceptors (Lipinski definition) is 6. The smallest absolute Gasteiger partial charge is 0.266 e. The molecule has 200 valence electrons. The molecule has 1 amide bonds. The van der Waals surface area contributed by atoms with Gasteiger partial charge >= 0.3 is 0 Å². The van der Waals surface area contributed by atoms with Gasteiger partial charge in [0.1, 0.15) is 11.6 Å². The Labute approximate surface area is 225 Å². The van der Waals surface area contributed by atoms with Gasteiger partial charge in [-0.3, -0.25) is 14.6 Å². The third-order valence-electron chi connectivity index (χ3n) is 8.15. The second-order valence-corrected chi connectivity index (χ2v) is 11.0. The standard InChI is InChI=1S/C28H31ClFN5O3/c1-17-13-35(14-18(2)28(17,38)19-4-6-20(29)7-5-19)27(37)23-16-34(25-10-11-26(36)33(3)32-25)15-22(23)24-9-8-21(30)12-31-24/h4-12,17-18,22-23,38H,13-16H2,1-3H3/t17-,18+,22-,23-,28-/m1/s1. The second-order valence-electron chi connectivity index (χ2n) is 10.6. The van der Waals surface area contributed by atoms with Gasteiger partial charge in [0.2, 0.25) is 5.91 Å². The summed E-state index contributed by atoms with van der Waals surface area (Å²) in [5.74, 6) is -1.06. The molecule has 5 rings (SSSR count). The minimum atomic E-state index is -1.10. The lowest BCUT2D eigenvalue weighted by Gasteiger charge is -2.48. The molecule has 0 spiro atoms. The number of likely N-dealkylation sites (tertiary alicyclic amines) is 1. The Bertz CT molecular complexity index is 1370. The molecule has 10 heteroatoms. The molecule has 0 radical (unpaired) electrons. The highest BCUT2D eigenvalue weighted by Gasteiger charge is 2.49. The van der Waals surface area contributed by atoms with E-state index in [-0.39, 0.29) is 29.2 Å². The molecule has 0 unspecified atom stereocenters. The maximum Gasteiger partial charge on any atom is 0.266 e. The van der Waals surface area contributed by atoms with Gasteiger partial charge in [-0.2, -0.15) is 5.10 Å². The van der Waals surface area contributed by atoms with E-state index in [2.05, 4.69) is 10.1 Å². The van der Waals surface area contributed by atoms with Crippen LogP contribution in [0.15, 0.2) is 59.5 Å². The zero-order valence-electron chi connectivity index (χ0n) is 21.6. The van der Waals surface area contributed by atoms with Gasteiger partial charge in [-0.25, -0.2) is 9.07 Å². The topological polar surface area (TPSA) is 91.6 Å². The molecule has 2 fully saturated rings. The van der Waals surface area contributed by atoms with Crippen molar-refractivity contribution < 1.29 is 14.3 Å². The largest absolute Gasteiger partial charge is 0.384 e. The number of pyridine rings is 1. The molecule has 3 aromatic rings. The van der Waals surface area contributed by atoms with Crippen molar-refractivity contribution in [3.05, 3.63) is 87.2 Å². The Kier molecular flexibility index (Phi) is 7.00. The van der Waals surface area contributed by atoms with Gasteiger partial charge in [-0.15, -0.1) is 0 Å². The molecule has 8 nitrogen and oxygen atoms in total. The number of aliphatic hydroxyl groups is 1. The lowest BCUT2D eigenvalue weighted by molar-refractivity contribution is -0.152. The summed E-state index contributed by atoms with van der Waals surface area (Å²) < 4.78 is 14.9. The van der Waals surface area contributed by atoms with E-state index in [1.54, 1.807) is 31.3 Å².